The topological polar surface area (TPSA) is 43.4 Å². The number of halogens is 1. The summed E-state index contributed by atoms with van der Waals surface area (Å²) in [5.41, 5.74) is 1.24. The highest BCUT2D eigenvalue weighted by atomic mass is 35.5. The molecule has 0 heterocycles. The Morgan fingerprint density at radius 1 is 1.00 bits per heavy atom. The zero-order valence-corrected chi connectivity index (χ0v) is 11.9. The molecule has 0 bridgehead atoms. The van der Waals surface area contributed by atoms with Gasteiger partial charge in [0.15, 0.2) is 5.78 Å². The van der Waals surface area contributed by atoms with Crippen molar-refractivity contribution in [1.29, 1.82) is 0 Å². The molecule has 0 saturated heterocycles. The summed E-state index contributed by atoms with van der Waals surface area (Å²) in [6.45, 7) is 0. The maximum absolute atomic E-state index is 12.2. The number of ether oxygens (including phenoxy) is 1. The zero-order chi connectivity index (χ0) is 15.1. The summed E-state index contributed by atoms with van der Waals surface area (Å²) in [4.78, 5) is 23.4. The molecule has 0 spiro atoms. The smallest absolute Gasteiger partial charge is 0.326 e. The van der Waals surface area contributed by atoms with Crippen molar-refractivity contribution in [2.45, 2.75) is 0 Å². The number of carbonyl (C=O) groups is 2. The van der Waals surface area contributed by atoms with Crippen molar-refractivity contribution >= 4 is 29.4 Å². The molecule has 0 atom stereocenters. The van der Waals surface area contributed by atoms with Crippen LogP contribution in [-0.2, 0) is 4.79 Å². The Balaban J connectivity index is 2.19. The lowest BCUT2D eigenvalue weighted by Gasteiger charge is -2.06. The van der Waals surface area contributed by atoms with E-state index in [-0.39, 0.29) is 17.4 Å². The number of rotatable bonds is 5. The van der Waals surface area contributed by atoms with Crippen molar-refractivity contribution in [3.05, 3.63) is 71.8 Å². The minimum absolute atomic E-state index is 0.214. The minimum atomic E-state index is -0.594. The van der Waals surface area contributed by atoms with Crippen molar-refractivity contribution in [3.63, 3.8) is 0 Å². The molecule has 2 aromatic carbocycles. The van der Waals surface area contributed by atoms with E-state index in [2.05, 4.69) is 0 Å². The molecule has 0 aliphatic heterocycles. The summed E-state index contributed by atoms with van der Waals surface area (Å²) in [5, 5.41) is 0. The lowest BCUT2D eigenvalue weighted by Crippen LogP contribution is -2.11. The Kier molecular flexibility index (Phi) is 5.29. The van der Waals surface area contributed by atoms with Crippen LogP contribution >= 0.6 is 11.6 Å². The summed E-state index contributed by atoms with van der Waals surface area (Å²) in [7, 11) is 0. The SMILES string of the molecule is O=C(CCl)Oc1ccccc1C(=O)C=Cc1ccccc1. The lowest BCUT2D eigenvalue weighted by molar-refractivity contribution is -0.131. The highest BCUT2D eigenvalue weighted by Gasteiger charge is 2.12. The Labute approximate surface area is 127 Å². The summed E-state index contributed by atoms with van der Waals surface area (Å²) < 4.78 is 5.04. The van der Waals surface area contributed by atoms with Crippen LogP contribution in [0.15, 0.2) is 60.7 Å². The predicted octanol–water partition coefficient (Wildman–Crippen LogP) is 3.73. The van der Waals surface area contributed by atoms with E-state index in [1.54, 1.807) is 30.3 Å². The Morgan fingerprint density at radius 3 is 2.38 bits per heavy atom. The van der Waals surface area contributed by atoms with Crippen molar-refractivity contribution < 1.29 is 14.3 Å². The monoisotopic (exact) mass is 300 g/mol. The summed E-state index contributed by atoms with van der Waals surface area (Å²) >= 11 is 5.40. The second-order valence-corrected chi connectivity index (χ2v) is 4.48. The first-order valence-corrected chi connectivity index (χ1v) is 6.87. The molecular formula is C17H13ClO3. The molecule has 4 heteroatoms. The van der Waals surface area contributed by atoms with E-state index in [9.17, 15) is 9.59 Å². The van der Waals surface area contributed by atoms with Crippen molar-refractivity contribution in [2.75, 3.05) is 5.88 Å². The molecule has 0 aliphatic carbocycles. The lowest BCUT2D eigenvalue weighted by atomic mass is 10.1. The minimum Gasteiger partial charge on any atom is -0.425 e. The summed E-state index contributed by atoms with van der Waals surface area (Å²) in [6, 6.07) is 16.0. The third-order valence-corrected chi connectivity index (χ3v) is 2.93. The average molecular weight is 301 g/mol. The van der Waals surface area contributed by atoms with Crippen LogP contribution < -0.4 is 4.74 Å². The Hall–Kier alpha value is -2.39. The van der Waals surface area contributed by atoms with Gasteiger partial charge in [-0.15, -0.1) is 11.6 Å². The molecule has 0 unspecified atom stereocenters. The molecule has 2 aromatic rings. The fourth-order valence-electron chi connectivity index (χ4n) is 1.73. The van der Waals surface area contributed by atoms with Crippen molar-refractivity contribution in [1.82, 2.24) is 0 Å². The molecule has 0 radical (unpaired) electrons. The quantitative estimate of drug-likeness (QED) is 0.278. The molecule has 0 saturated carbocycles. The van der Waals surface area contributed by atoms with E-state index < -0.39 is 5.97 Å². The largest absolute Gasteiger partial charge is 0.425 e. The number of benzene rings is 2. The van der Waals surface area contributed by atoms with E-state index in [0.717, 1.165) is 5.56 Å². The Morgan fingerprint density at radius 2 is 1.67 bits per heavy atom. The standard InChI is InChI=1S/C17H13ClO3/c18-12-17(20)21-16-9-5-4-8-14(16)15(19)11-10-13-6-2-1-3-7-13/h1-11H,12H2. The molecule has 0 fully saturated rings. The number of carbonyl (C=O) groups excluding carboxylic acids is 2. The van der Waals surface area contributed by atoms with E-state index >= 15 is 0 Å². The highest BCUT2D eigenvalue weighted by molar-refractivity contribution is 6.26. The van der Waals surface area contributed by atoms with E-state index in [1.165, 1.54) is 6.08 Å². The van der Waals surface area contributed by atoms with Crippen LogP contribution in [0.25, 0.3) is 6.08 Å². The molecule has 2 rings (SSSR count). The summed E-state index contributed by atoms with van der Waals surface area (Å²) in [5.74, 6) is -0.880. The maximum atomic E-state index is 12.2. The average Bonchev–Trinajstić information content (AvgIpc) is 2.54. The van der Waals surface area contributed by atoms with Crippen LogP contribution in [0.2, 0.25) is 0 Å². The van der Waals surface area contributed by atoms with E-state index in [1.807, 2.05) is 30.3 Å². The number of alkyl halides is 1. The molecular weight excluding hydrogens is 288 g/mol. The molecule has 0 amide bonds. The molecule has 0 aromatic heterocycles. The van der Waals surface area contributed by atoms with Gasteiger partial charge in [0.2, 0.25) is 0 Å². The first kappa shape index (κ1) is 15.0. The third-order valence-electron chi connectivity index (χ3n) is 2.71. The molecule has 106 valence electrons. The zero-order valence-electron chi connectivity index (χ0n) is 11.2. The van der Waals surface area contributed by atoms with E-state index in [0.29, 0.717) is 5.56 Å². The Bertz CT molecular complexity index is 663. The second-order valence-electron chi connectivity index (χ2n) is 4.21. The fourth-order valence-corrected chi connectivity index (χ4v) is 1.79. The highest BCUT2D eigenvalue weighted by Crippen LogP contribution is 2.19. The first-order chi connectivity index (χ1) is 10.2. The van der Waals surface area contributed by atoms with Gasteiger partial charge in [-0.1, -0.05) is 48.5 Å². The van der Waals surface area contributed by atoms with Gasteiger partial charge < -0.3 is 4.74 Å². The van der Waals surface area contributed by atoms with Gasteiger partial charge in [-0.2, -0.15) is 0 Å². The molecule has 21 heavy (non-hydrogen) atoms. The maximum Gasteiger partial charge on any atom is 0.326 e. The fraction of sp³-hybridized carbons (Fsp3) is 0.0588. The number of esters is 1. The molecule has 0 N–H and O–H groups in total. The van der Waals surface area contributed by atoms with Crippen LogP contribution in [0, 0.1) is 0 Å². The van der Waals surface area contributed by atoms with Gasteiger partial charge in [0.05, 0.1) is 5.56 Å². The van der Waals surface area contributed by atoms with Crippen LogP contribution in [0.5, 0.6) is 5.75 Å². The first-order valence-electron chi connectivity index (χ1n) is 6.34. The van der Waals surface area contributed by atoms with Gasteiger partial charge in [-0.3, -0.25) is 9.59 Å². The van der Waals surface area contributed by atoms with Crippen LogP contribution in [-0.4, -0.2) is 17.6 Å². The van der Waals surface area contributed by atoms with Gasteiger partial charge in [0.25, 0.3) is 0 Å². The van der Waals surface area contributed by atoms with Gasteiger partial charge in [0, 0.05) is 0 Å². The summed E-state index contributed by atoms with van der Waals surface area (Å²) in [6.07, 6.45) is 3.16. The number of hydrogen-bond acceptors (Lipinski definition) is 3. The number of ketones is 1. The van der Waals surface area contributed by atoms with Crippen molar-refractivity contribution in [2.24, 2.45) is 0 Å². The van der Waals surface area contributed by atoms with E-state index in [4.69, 9.17) is 16.3 Å². The molecule has 3 nitrogen and oxygen atoms in total. The van der Waals surface area contributed by atoms with Gasteiger partial charge in [-0.05, 0) is 23.8 Å². The van der Waals surface area contributed by atoms with Gasteiger partial charge in [-0.25, -0.2) is 0 Å². The normalized spacial score (nSPS) is 10.5. The third kappa shape index (κ3) is 4.29. The van der Waals surface area contributed by atoms with Crippen molar-refractivity contribution in [3.8, 4) is 5.75 Å². The molecule has 0 aliphatic rings. The number of allylic oxidation sites excluding steroid dienone is 1. The van der Waals surface area contributed by atoms with Crippen LogP contribution in [0.4, 0.5) is 0 Å². The number of para-hydroxylation sites is 1. The van der Waals surface area contributed by atoms with Crippen LogP contribution in [0.1, 0.15) is 15.9 Å². The second kappa shape index (κ2) is 7.41. The van der Waals surface area contributed by atoms with Crippen LogP contribution in [0.3, 0.4) is 0 Å². The predicted molar refractivity (Wildman–Crippen MR) is 82.6 cm³/mol. The number of hydrogen-bond donors (Lipinski definition) is 0. The van der Waals surface area contributed by atoms with Gasteiger partial charge >= 0.3 is 5.97 Å². The van der Waals surface area contributed by atoms with Gasteiger partial charge in [0.1, 0.15) is 11.6 Å².